The third-order valence-corrected chi connectivity index (χ3v) is 6.09. The zero-order chi connectivity index (χ0) is 20.3. The number of carbonyl (C=O) groups excluding carboxylic acids is 3. The van der Waals surface area contributed by atoms with Crippen molar-refractivity contribution in [2.24, 2.45) is 0 Å². The van der Waals surface area contributed by atoms with Crippen molar-refractivity contribution in [1.82, 2.24) is 4.90 Å². The quantitative estimate of drug-likeness (QED) is 0.521. The van der Waals surface area contributed by atoms with E-state index in [1.165, 1.54) is 19.6 Å². The second-order valence-corrected chi connectivity index (χ2v) is 8.38. The molecule has 1 aliphatic rings. The van der Waals surface area contributed by atoms with E-state index in [2.05, 4.69) is 35.9 Å². The van der Waals surface area contributed by atoms with Crippen LogP contribution < -0.4 is 0 Å². The summed E-state index contributed by atoms with van der Waals surface area (Å²) in [4.78, 5) is 39.8. The highest BCUT2D eigenvalue weighted by molar-refractivity contribution is 8.18. The number of amides is 2. The lowest BCUT2D eigenvalue weighted by Gasteiger charge is -2.18. The van der Waals surface area contributed by atoms with Crippen LogP contribution in [-0.2, 0) is 14.3 Å². The maximum absolute atomic E-state index is 12.5. The van der Waals surface area contributed by atoms with Crippen LogP contribution in [0, 0.1) is 6.92 Å². The SMILES string of the molecule is COC(=O)[C@@H](C)N1C(=O)S/C(=C/c2ccc(Sc3ccc(C)cc3)cc2)C1=O. The normalized spacial score (nSPS) is 16.5. The fourth-order valence-corrected chi connectivity index (χ4v) is 4.34. The van der Waals surface area contributed by atoms with Gasteiger partial charge in [-0.3, -0.25) is 14.5 Å². The van der Waals surface area contributed by atoms with Crippen LogP contribution in [0.5, 0.6) is 0 Å². The van der Waals surface area contributed by atoms with Crippen molar-refractivity contribution >= 4 is 46.7 Å². The highest BCUT2D eigenvalue weighted by Crippen LogP contribution is 2.34. The zero-order valence-corrected chi connectivity index (χ0v) is 17.3. The molecule has 0 aliphatic carbocycles. The molecule has 2 aromatic rings. The molecule has 0 N–H and O–H groups in total. The maximum Gasteiger partial charge on any atom is 0.328 e. The van der Waals surface area contributed by atoms with Crippen LogP contribution >= 0.6 is 23.5 Å². The number of ether oxygens (including phenoxy) is 1. The standard InChI is InChI=1S/C21H19NO4S2/c1-13-4-8-16(9-5-13)27-17-10-6-15(7-11-17)12-18-19(23)22(21(25)28-18)14(2)20(24)26-3/h4-12,14H,1-3H3/b18-12+/t14-/m1/s1. The molecule has 1 aliphatic heterocycles. The van der Waals surface area contributed by atoms with Gasteiger partial charge in [0.15, 0.2) is 0 Å². The summed E-state index contributed by atoms with van der Waals surface area (Å²) in [5.41, 5.74) is 2.03. The van der Waals surface area contributed by atoms with Gasteiger partial charge in [-0.15, -0.1) is 0 Å². The highest BCUT2D eigenvalue weighted by Gasteiger charge is 2.41. The van der Waals surface area contributed by atoms with Crippen LogP contribution in [-0.4, -0.2) is 35.2 Å². The summed E-state index contributed by atoms with van der Waals surface area (Å²) >= 11 is 2.48. The van der Waals surface area contributed by atoms with Gasteiger partial charge in [0, 0.05) is 9.79 Å². The first-order chi connectivity index (χ1) is 13.4. The van der Waals surface area contributed by atoms with Gasteiger partial charge in [0.05, 0.1) is 12.0 Å². The van der Waals surface area contributed by atoms with Crippen molar-refractivity contribution in [3.05, 3.63) is 64.6 Å². The minimum Gasteiger partial charge on any atom is -0.467 e. The number of hydrogen-bond donors (Lipinski definition) is 0. The average Bonchev–Trinajstić information content (AvgIpc) is 2.97. The Hall–Kier alpha value is -2.51. The van der Waals surface area contributed by atoms with Gasteiger partial charge in [-0.05, 0) is 61.5 Å². The van der Waals surface area contributed by atoms with E-state index in [4.69, 9.17) is 0 Å². The van der Waals surface area contributed by atoms with E-state index in [1.54, 1.807) is 17.8 Å². The first-order valence-corrected chi connectivity index (χ1v) is 10.2. The van der Waals surface area contributed by atoms with E-state index in [-0.39, 0.29) is 0 Å². The van der Waals surface area contributed by atoms with Crippen LogP contribution in [0.3, 0.4) is 0 Å². The number of methoxy groups -OCH3 is 1. The van der Waals surface area contributed by atoms with Crippen molar-refractivity contribution in [3.63, 3.8) is 0 Å². The smallest absolute Gasteiger partial charge is 0.328 e. The Morgan fingerprint density at radius 3 is 2.21 bits per heavy atom. The minimum absolute atomic E-state index is 0.291. The van der Waals surface area contributed by atoms with E-state index in [9.17, 15) is 14.4 Å². The third kappa shape index (κ3) is 4.48. The molecule has 0 unspecified atom stereocenters. The van der Waals surface area contributed by atoms with Crippen LogP contribution in [0.4, 0.5) is 4.79 Å². The molecule has 1 fully saturated rings. The van der Waals surface area contributed by atoms with Crippen molar-refractivity contribution < 1.29 is 19.1 Å². The third-order valence-electron chi connectivity index (χ3n) is 4.19. The molecule has 5 nitrogen and oxygen atoms in total. The fraction of sp³-hybridized carbons (Fsp3) is 0.190. The number of nitrogens with zero attached hydrogens (tertiary/aromatic N) is 1. The minimum atomic E-state index is -0.948. The van der Waals surface area contributed by atoms with Gasteiger partial charge in [0.25, 0.3) is 11.1 Å². The molecule has 1 heterocycles. The predicted molar refractivity (Wildman–Crippen MR) is 111 cm³/mol. The summed E-state index contributed by atoms with van der Waals surface area (Å²) in [6.45, 7) is 3.53. The van der Waals surface area contributed by atoms with Crippen LogP contribution in [0.15, 0.2) is 63.2 Å². The second kappa shape index (κ2) is 8.67. The van der Waals surface area contributed by atoms with Crippen molar-refractivity contribution in [1.29, 1.82) is 0 Å². The van der Waals surface area contributed by atoms with Gasteiger partial charge < -0.3 is 4.74 Å². The molecule has 0 bridgehead atoms. The molecule has 1 atom stereocenters. The molecule has 7 heteroatoms. The number of carbonyl (C=O) groups is 3. The Labute approximate surface area is 172 Å². The van der Waals surface area contributed by atoms with Crippen molar-refractivity contribution in [2.75, 3.05) is 7.11 Å². The number of imide groups is 1. The average molecular weight is 414 g/mol. The largest absolute Gasteiger partial charge is 0.467 e. The predicted octanol–water partition coefficient (Wildman–Crippen LogP) is 4.74. The highest BCUT2D eigenvalue weighted by atomic mass is 32.2. The number of rotatable bonds is 5. The molecule has 1 saturated heterocycles. The molecule has 3 rings (SSSR count). The maximum atomic E-state index is 12.5. The Morgan fingerprint density at radius 2 is 1.64 bits per heavy atom. The van der Waals surface area contributed by atoms with E-state index < -0.39 is 23.2 Å². The van der Waals surface area contributed by atoms with Crippen molar-refractivity contribution in [2.45, 2.75) is 29.7 Å². The molecule has 0 saturated carbocycles. The van der Waals surface area contributed by atoms with Crippen molar-refractivity contribution in [3.8, 4) is 0 Å². The zero-order valence-electron chi connectivity index (χ0n) is 15.7. The Kier molecular flexibility index (Phi) is 6.26. The van der Waals surface area contributed by atoms with E-state index >= 15 is 0 Å². The molecule has 28 heavy (non-hydrogen) atoms. The first kappa shape index (κ1) is 20.2. The number of benzene rings is 2. The van der Waals surface area contributed by atoms with Gasteiger partial charge in [0.1, 0.15) is 6.04 Å². The summed E-state index contributed by atoms with van der Waals surface area (Å²) in [5, 5.41) is -0.472. The molecule has 2 aromatic carbocycles. The van der Waals surface area contributed by atoms with Gasteiger partial charge in [-0.25, -0.2) is 4.79 Å². The summed E-state index contributed by atoms with van der Waals surface area (Å²) in [7, 11) is 1.23. The Bertz CT molecular complexity index is 936. The molecular weight excluding hydrogens is 394 g/mol. The lowest BCUT2D eigenvalue weighted by atomic mass is 10.2. The fourth-order valence-electron chi connectivity index (χ4n) is 2.62. The molecule has 2 amide bonds. The summed E-state index contributed by atoms with van der Waals surface area (Å²) in [6, 6.07) is 15.1. The van der Waals surface area contributed by atoms with Crippen LogP contribution in [0.2, 0.25) is 0 Å². The first-order valence-electron chi connectivity index (χ1n) is 8.58. The lowest BCUT2D eigenvalue weighted by Crippen LogP contribution is -2.42. The lowest BCUT2D eigenvalue weighted by molar-refractivity contribution is -0.148. The molecular formula is C21H19NO4S2. The summed E-state index contributed by atoms with van der Waals surface area (Å²) in [5.74, 6) is -1.10. The van der Waals surface area contributed by atoms with E-state index in [0.717, 1.165) is 32.0 Å². The van der Waals surface area contributed by atoms with Crippen LogP contribution in [0.25, 0.3) is 6.08 Å². The van der Waals surface area contributed by atoms with Gasteiger partial charge in [-0.1, -0.05) is 41.6 Å². The van der Waals surface area contributed by atoms with Crippen LogP contribution in [0.1, 0.15) is 18.1 Å². The number of hydrogen-bond acceptors (Lipinski definition) is 6. The topological polar surface area (TPSA) is 63.7 Å². The van der Waals surface area contributed by atoms with Gasteiger partial charge >= 0.3 is 5.97 Å². The second-order valence-electron chi connectivity index (χ2n) is 6.23. The monoisotopic (exact) mass is 413 g/mol. The Morgan fingerprint density at radius 1 is 1.07 bits per heavy atom. The molecule has 0 aromatic heterocycles. The number of aryl methyl sites for hydroxylation is 1. The van der Waals surface area contributed by atoms with Gasteiger partial charge in [0.2, 0.25) is 0 Å². The number of thioether (sulfide) groups is 1. The molecule has 0 radical (unpaired) electrons. The van der Waals surface area contributed by atoms with E-state index in [1.807, 2.05) is 24.3 Å². The summed E-state index contributed by atoms with van der Waals surface area (Å²) < 4.78 is 4.63. The number of esters is 1. The van der Waals surface area contributed by atoms with E-state index in [0.29, 0.717) is 4.91 Å². The Balaban J connectivity index is 1.73. The molecule has 144 valence electrons. The summed E-state index contributed by atoms with van der Waals surface area (Å²) in [6.07, 6.45) is 1.66. The molecule has 0 spiro atoms. The van der Waals surface area contributed by atoms with Gasteiger partial charge in [-0.2, -0.15) is 0 Å².